The highest BCUT2D eigenvalue weighted by molar-refractivity contribution is 6.00. The first kappa shape index (κ1) is 14.6. The van der Waals surface area contributed by atoms with Gasteiger partial charge in [0.2, 0.25) is 5.75 Å². The predicted molar refractivity (Wildman–Crippen MR) is 76.1 cm³/mol. The van der Waals surface area contributed by atoms with Crippen LogP contribution < -0.4 is 19.6 Å². The number of nitrogens with one attached hydrogen (secondary N) is 2. The maximum Gasteiger partial charge on any atom is 0.283 e. The summed E-state index contributed by atoms with van der Waals surface area (Å²) in [6.45, 7) is 1.83. The monoisotopic (exact) mass is 292 g/mol. The van der Waals surface area contributed by atoms with Gasteiger partial charge in [-0.05, 0) is 24.3 Å². The fourth-order valence-corrected chi connectivity index (χ4v) is 1.70. The smallest absolute Gasteiger partial charge is 0.283 e. The molecule has 0 aliphatic carbocycles. The van der Waals surface area contributed by atoms with Gasteiger partial charge in [-0.2, -0.15) is 10.3 Å². The summed E-state index contributed by atoms with van der Waals surface area (Å²) in [5.41, 5.74) is 4.19. The number of aromatic nitrogens is 4. The van der Waals surface area contributed by atoms with E-state index in [1.165, 1.54) is 0 Å². The van der Waals surface area contributed by atoms with Crippen molar-refractivity contribution in [3.05, 3.63) is 17.7 Å². The largest absolute Gasteiger partial charge is 0.493 e. The number of benzene rings is 1. The summed E-state index contributed by atoms with van der Waals surface area (Å²) in [5.74, 6) is 1.92. The molecule has 2 rings (SSSR count). The van der Waals surface area contributed by atoms with Crippen molar-refractivity contribution in [3.8, 4) is 17.2 Å². The summed E-state index contributed by atoms with van der Waals surface area (Å²) in [4.78, 5) is 0. The van der Waals surface area contributed by atoms with Crippen LogP contribution in [0, 0.1) is 0 Å². The van der Waals surface area contributed by atoms with Crippen LogP contribution in [0.3, 0.4) is 0 Å². The Morgan fingerprint density at radius 1 is 1.14 bits per heavy atom. The van der Waals surface area contributed by atoms with Gasteiger partial charge in [-0.3, -0.25) is 0 Å². The van der Waals surface area contributed by atoms with Crippen molar-refractivity contribution in [2.24, 2.45) is 5.10 Å². The molecule has 9 nitrogen and oxygen atoms in total. The lowest BCUT2D eigenvalue weighted by molar-refractivity contribution is 0.324. The lowest BCUT2D eigenvalue weighted by Gasteiger charge is -2.13. The van der Waals surface area contributed by atoms with Crippen LogP contribution in [0.5, 0.6) is 17.2 Å². The first-order valence-electron chi connectivity index (χ1n) is 6.03. The van der Waals surface area contributed by atoms with Gasteiger partial charge in [0.1, 0.15) is 0 Å². The van der Waals surface area contributed by atoms with Crippen molar-refractivity contribution in [3.63, 3.8) is 0 Å². The number of hydrazone groups is 1. The van der Waals surface area contributed by atoms with Crippen LogP contribution >= 0.6 is 0 Å². The van der Waals surface area contributed by atoms with E-state index in [4.69, 9.17) is 14.2 Å². The fraction of sp³-hybridized carbons (Fsp3) is 0.333. The van der Waals surface area contributed by atoms with Crippen molar-refractivity contribution >= 4 is 11.7 Å². The highest BCUT2D eigenvalue weighted by Gasteiger charge is 2.14. The van der Waals surface area contributed by atoms with Gasteiger partial charge >= 0.3 is 0 Å². The number of aromatic amines is 1. The van der Waals surface area contributed by atoms with E-state index in [2.05, 4.69) is 31.2 Å². The van der Waals surface area contributed by atoms with E-state index in [1.807, 2.05) is 6.92 Å². The molecule has 0 saturated heterocycles. The van der Waals surface area contributed by atoms with Crippen LogP contribution in [0.4, 0.5) is 5.95 Å². The molecule has 0 radical (unpaired) electrons. The van der Waals surface area contributed by atoms with E-state index in [0.717, 1.165) is 5.56 Å². The zero-order valence-electron chi connectivity index (χ0n) is 12.2. The summed E-state index contributed by atoms with van der Waals surface area (Å²) in [7, 11) is 4.68. The summed E-state index contributed by atoms with van der Waals surface area (Å²) >= 11 is 0. The molecule has 0 aliphatic heterocycles. The molecule has 0 saturated carbocycles. The van der Waals surface area contributed by atoms with Crippen molar-refractivity contribution in [1.29, 1.82) is 0 Å². The number of methoxy groups -OCH3 is 3. The zero-order chi connectivity index (χ0) is 15.2. The summed E-state index contributed by atoms with van der Waals surface area (Å²) in [5, 5.41) is 17.4. The number of ether oxygens (including phenoxy) is 3. The van der Waals surface area contributed by atoms with E-state index in [-0.39, 0.29) is 5.95 Å². The summed E-state index contributed by atoms with van der Waals surface area (Å²) in [6, 6.07) is 3.61. The molecule has 112 valence electrons. The number of hydrogen-bond acceptors (Lipinski definition) is 8. The Morgan fingerprint density at radius 3 is 2.29 bits per heavy atom. The zero-order valence-corrected chi connectivity index (χ0v) is 12.2. The average molecular weight is 292 g/mol. The molecule has 2 aromatic rings. The molecule has 0 spiro atoms. The summed E-state index contributed by atoms with van der Waals surface area (Å²) in [6.07, 6.45) is 0. The Kier molecular flexibility index (Phi) is 4.54. The Hall–Kier alpha value is -2.84. The van der Waals surface area contributed by atoms with Gasteiger partial charge in [0.25, 0.3) is 5.95 Å². The van der Waals surface area contributed by atoms with Gasteiger partial charge in [0.05, 0.1) is 27.0 Å². The van der Waals surface area contributed by atoms with Crippen LogP contribution in [0.15, 0.2) is 17.2 Å². The molecule has 0 amide bonds. The standard InChI is InChI=1S/C12H16N6O3/c1-7(13-14-12-15-17-18-16-12)8-5-9(19-2)11(21-4)10(6-8)20-3/h5-6H,1-4H3,(H2,14,15,16,17,18). The third-order valence-corrected chi connectivity index (χ3v) is 2.75. The van der Waals surface area contributed by atoms with E-state index in [9.17, 15) is 0 Å². The minimum atomic E-state index is 0.279. The Labute approximate surface area is 121 Å². The second-order valence-corrected chi connectivity index (χ2v) is 3.96. The molecule has 0 unspecified atom stereocenters. The first-order valence-corrected chi connectivity index (χ1v) is 6.03. The quantitative estimate of drug-likeness (QED) is 0.605. The van der Waals surface area contributed by atoms with Crippen molar-refractivity contribution < 1.29 is 14.2 Å². The minimum absolute atomic E-state index is 0.279. The number of anilines is 1. The van der Waals surface area contributed by atoms with Crippen LogP contribution in [0.1, 0.15) is 12.5 Å². The van der Waals surface area contributed by atoms with Crippen LogP contribution in [0.2, 0.25) is 0 Å². The fourth-order valence-electron chi connectivity index (χ4n) is 1.70. The highest BCUT2D eigenvalue weighted by Crippen LogP contribution is 2.38. The Bertz CT molecular complexity index is 601. The lowest BCUT2D eigenvalue weighted by atomic mass is 10.1. The highest BCUT2D eigenvalue weighted by atomic mass is 16.5. The Balaban J connectivity index is 2.32. The van der Waals surface area contributed by atoms with Gasteiger partial charge < -0.3 is 14.2 Å². The number of hydrogen-bond donors (Lipinski definition) is 2. The third-order valence-electron chi connectivity index (χ3n) is 2.75. The molecular weight excluding hydrogens is 276 g/mol. The third kappa shape index (κ3) is 3.19. The SMILES string of the molecule is COc1cc(C(C)=NNc2nn[nH]n2)cc(OC)c1OC. The van der Waals surface area contributed by atoms with Crippen LogP contribution in [-0.2, 0) is 0 Å². The second kappa shape index (κ2) is 6.55. The average Bonchev–Trinajstić information content (AvgIpc) is 3.04. The number of rotatable bonds is 6. The molecule has 0 fully saturated rings. The van der Waals surface area contributed by atoms with E-state index in [1.54, 1.807) is 33.5 Å². The predicted octanol–water partition coefficient (Wildman–Crippen LogP) is 1.06. The number of H-pyrrole nitrogens is 1. The molecular formula is C12H16N6O3. The van der Waals surface area contributed by atoms with Gasteiger partial charge in [0, 0.05) is 5.56 Å². The van der Waals surface area contributed by atoms with Crippen molar-refractivity contribution in [2.45, 2.75) is 6.92 Å². The van der Waals surface area contributed by atoms with Crippen molar-refractivity contribution in [2.75, 3.05) is 26.8 Å². The van der Waals surface area contributed by atoms with Gasteiger partial charge in [-0.25, -0.2) is 5.43 Å². The molecule has 1 aromatic carbocycles. The maximum absolute atomic E-state index is 5.30. The molecule has 0 aliphatic rings. The topological polar surface area (TPSA) is 107 Å². The number of nitrogens with zero attached hydrogens (tertiary/aromatic N) is 4. The normalized spacial score (nSPS) is 11.1. The van der Waals surface area contributed by atoms with Crippen LogP contribution in [-0.4, -0.2) is 47.7 Å². The van der Waals surface area contributed by atoms with Gasteiger partial charge in [-0.15, -0.1) is 5.10 Å². The Morgan fingerprint density at radius 2 is 1.81 bits per heavy atom. The van der Waals surface area contributed by atoms with E-state index in [0.29, 0.717) is 23.0 Å². The lowest BCUT2D eigenvalue weighted by Crippen LogP contribution is -2.03. The minimum Gasteiger partial charge on any atom is -0.493 e. The molecule has 1 aromatic heterocycles. The molecule has 2 N–H and O–H groups in total. The van der Waals surface area contributed by atoms with Gasteiger partial charge in [0.15, 0.2) is 11.5 Å². The number of tetrazole rings is 1. The molecule has 1 heterocycles. The second-order valence-electron chi connectivity index (χ2n) is 3.96. The van der Waals surface area contributed by atoms with Crippen molar-refractivity contribution in [1.82, 2.24) is 20.6 Å². The molecule has 9 heteroatoms. The van der Waals surface area contributed by atoms with Crippen LogP contribution in [0.25, 0.3) is 0 Å². The molecule has 21 heavy (non-hydrogen) atoms. The van der Waals surface area contributed by atoms with Gasteiger partial charge in [-0.1, -0.05) is 5.10 Å². The summed E-state index contributed by atoms with van der Waals surface area (Å²) < 4.78 is 15.9. The van der Waals surface area contributed by atoms with E-state index >= 15 is 0 Å². The molecule has 0 atom stereocenters. The molecule has 0 bridgehead atoms. The van der Waals surface area contributed by atoms with E-state index < -0.39 is 0 Å². The first-order chi connectivity index (χ1) is 10.2. The maximum atomic E-state index is 5.30.